The van der Waals surface area contributed by atoms with Crippen molar-refractivity contribution < 1.29 is 79.1 Å². The first-order valence-corrected chi connectivity index (χ1v) is 0. The van der Waals surface area contributed by atoms with Crippen LogP contribution in [0.25, 0.3) is 0 Å². The van der Waals surface area contributed by atoms with Gasteiger partial charge in [0.2, 0.25) is 0 Å². The molecule has 0 heterocycles. The molecule has 0 unspecified atom stereocenters. The second-order valence-electron chi connectivity index (χ2n) is 0. The zero-order valence-corrected chi connectivity index (χ0v) is 17.5. The first-order valence-electron chi connectivity index (χ1n) is 0. The Balaban J connectivity index is 0. The maximum Gasteiger partial charge on any atom is 2.00 e. The molecule has 0 aliphatic rings. The summed E-state index contributed by atoms with van der Waals surface area (Å²) >= 11 is 0. The molecule has 0 aromatic rings. The molecule has 8 heteroatoms. The van der Waals surface area contributed by atoms with Gasteiger partial charge in [0.05, 0.1) is 0 Å². The van der Waals surface area contributed by atoms with Crippen molar-refractivity contribution in [2.24, 2.45) is 0 Å². The van der Waals surface area contributed by atoms with Crippen molar-refractivity contribution in [2.75, 3.05) is 0 Å². The third-order valence-corrected chi connectivity index (χ3v) is 0. The first-order chi connectivity index (χ1) is 0. The summed E-state index contributed by atoms with van der Waals surface area (Å²) in [5.41, 5.74) is 0. The van der Waals surface area contributed by atoms with Crippen LogP contribution >= 0.6 is 0 Å². The van der Waals surface area contributed by atoms with Crippen LogP contribution in [-0.4, -0.2) is 72.3 Å². The molecule has 13 radical (unpaired) electrons. The van der Waals surface area contributed by atoms with Crippen LogP contribution < -0.4 is 0 Å². The van der Waals surface area contributed by atoms with E-state index in [-0.39, 0.29) is 151 Å². The molecule has 0 saturated carbocycles. The molecule has 0 aliphatic carbocycles. The second kappa shape index (κ2) is 62.2. The molecule has 0 saturated heterocycles. The number of hydrogen-bond acceptors (Lipinski definition) is 0. The van der Waals surface area contributed by atoms with Crippen molar-refractivity contribution in [2.45, 2.75) is 0 Å². The van der Waals surface area contributed by atoms with Gasteiger partial charge in [-0.1, -0.05) is 0 Å². The largest absolute Gasteiger partial charge is 2.00 e. The Morgan fingerprint density at radius 2 is 1.00 bits per heavy atom. The van der Waals surface area contributed by atoms with Crippen molar-refractivity contribution in [3.63, 3.8) is 0 Å². The van der Waals surface area contributed by atoms with Crippen LogP contribution in [0.2, 0.25) is 0 Å². The number of rotatable bonds is 0. The summed E-state index contributed by atoms with van der Waals surface area (Å²) < 4.78 is 0. The van der Waals surface area contributed by atoms with Crippen LogP contribution in [0.15, 0.2) is 0 Å². The van der Waals surface area contributed by atoms with E-state index < -0.39 is 0 Å². The Hall–Kier alpha value is 4.54. The molecular weight excluding hydrogens is 689 g/mol. The predicted molar refractivity (Wildman–Crippen MR) is 25.2 cm³/mol. The topological polar surface area (TPSA) is 0 Å². The van der Waals surface area contributed by atoms with Crippen molar-refractivity contribution in [3.05, 3.63) is 0 Å². The van der Waals surface area contributed by atoms with E-state index in [0.717, 1.165) is 0 Å². The van der Waals surface area contributed by atoms with Gasteiger partial charge >= 0.3 is 23.1 Å². The van der Waals surface area contributed by atoms with Crippen molar-refractivity contribution in [1.29, 1.82) is 0 Å². The molecule has 0 bridgehead atoms. The van der Waals surface area contributed by atoms with Gasteiger partial charge in [0.25, 0.3) is 0 Å². The van der Waals surface area contributed by atoms with Gasteiger partial charge in [-0.3, -0.25) is 0 Å². The summed E-state index contributed by atoms with van der Waals surface area (Å²) in [6.07, 6.45) is 0. The quantitative estimate of drug-likeness (QED) is 0.278. The van der Waals surface area contributed by atoms with Crippen molar-refractivity contribution >= 4 is 72.3 Å². The van der Waals surface area contributed by atoms with Crippen LogP contribution in [-0.2, 0) is 76.3 Å². The van der Waals surface area contributed by atoms with Gasteiger partial charge in [0.15, 0.2) is 0 Å². The summed E-state index contributed by atoms with van der Waals surface area (Å²) in [5, 5.41) is 0. The molecule has 0 rings (SSSR count). The van der Waals surface area contributed by atoms with E-state index in [2.05, 4.69) is 0 Å². The molecule has 0 spiro atoms. The molecular formula is H2FeMgMnMoPbPtSi2. The summed E-state index contributed by atoms with van der Waals surface area (Å²) in [6.45, 7) is 0. The average molecular weight is 691 g/mol. The SMILES string of the molecule is [Fe].[H-].[H-].[Mg+2].[Mn].[Mo].[Pb].[Pt].[Si].[Si]. The summed E-state index contributed by atoms with van der Waals surface area (Å²) in [6, 6.07) is 0. The maximum atomic E-state index is 0. The van der Waals surface area contributed by atoms with E-state index in [1.165, 1.54) is 0 Å². The molecule has 0 nitrogen and oxygen atoms in total. The van der Waals surface area contributed by atoms with E-state index in [1.54, 1.807) is 0 Å². The van der Waals surface area contributed by atoms with E-state index in [9.17, 15) is 0 Å². The van der Waals surface area contributed by atoms with Gasteiger partial charge in [-0.25, -0.2) is 0 Å². The third kappa shape index (κ3) is 46.6. The maximum absolute atomic E-state index is 0. The van der Waals surface area contributed by atoms with Gasteiger partial charge in [0, 0.05) is 125 Å². The Kier molecular flexibility index (Phi) is 630. The minimum absolute atomic E-state index is 0. The van der Waals surface area contributed by atoms with Gasteiger partial charge < -0.3 is 2.85 Å². The third-order valence-electron chi connectivity index (χ3n) is 0. The summed E-state index contributed by atoms with van der Waals surface area (Å²) in [5.74, 6) is 0. The van der Waals surface area contributed by atoms with Crippen LogP contribution in [0.4, 0.5) is 0 Å². The summed E-state index contributed by atoms with van der Waals surface area (Å²) in [7, 11) is 0. The van der Waals surface area contributed by atoms with E-state index >= 15 is 0 Å². The Morgan fingerprint density at radius 3 is 1.00 bits per heavy atom. The van der Waals surface area contributed by atoms with E-state index in [0.29, 0.717) is 0 Å². The molecule has 0 amide bonds. The monoisotopic (exact) mass is 694 g/mol. The minimum atomic E-state index is 0. The Morgan fingerprint density at radius 1 is 1.00 bits per heavy atom. The molecule has 0 atom stereocenters. The fourth-order valence-electron chi connectivity index (χ4n) is 0. The normalized spacial score (nSPS) is 0. The second-order valence-corrected chi connectivity index (χ2v) is 0. The summed E-state index contributed by atoms with van der Waals surface area (Å²) in [4.78, 5) is 0. The molecule has 8 heavy (non-hydrogen) atoms. The van der Waals surface area contributed by atoms with Crippen molar-refractivity contribution in [3.8, 4) is 0 Å². The number of hydrogen-bond donors (Lipinski definition) is 0. The van der Waals surface area contributed by atoms with Crippen LogP contribution in [0.5, 0.6) is 0 Å². The van der Waals surface area contributed by atoms with Gasteiger partial charge in [-0.2, -0.15) is 0 Å². The van der Waals surface area contributed by atoms with E-state index in [1.807, 2.05) is 0 Å². The van der Waals surface area contributed by atoms with E-state index in [4.69, 9.17) is 0 Å². The fourth-order valence-corrected chi connectivity index (χ4v) is 0. The zero-order valence-electron chi connectivity index (χ0n) is 5.66. The van der Waals surface area contributed by atoms with Crippen LogP contribution in [0.3, 0.4) is 0 Å². The first kappa shape index (κ1) is 81.1. The van der Waals surface area contributed by atoms with Crippen molar-refractivity contribution in [1.82, 2.24) is 0 Å². The molecule has 0 aromatic carbocycles. The molecule has 0 fully saturated rings. The van der Waals surface area contributed by atoms with Gasteiger partial charge in [-0.15, -0.1) is 0 Å². The molecule has 47 valence electrons. The molecule has 0 aromatic heterocycles. The standard InChI is InChI=1S/Fe.Mg.Mn.Mo.Pb.Pt.2Si.2H/q;+2;;;;;;;2*-1. The molecule has 0 aliphatic heterocycles. The Labute approximate surface area is 148 Å². The Bertz CT molecular complexity index is 29.2. The molecule has 0 N–H and O–H groups in total. The average Bonchev–Trinajstić information content (AvgIpc) is 0. The van der Waals surface area contributed by atoms with Crippen LogP contribution in [0.1, 0.15) is 2.85 Å². The fraction of sp³-hybridized carbons (Fsp3) is 0. The van der Waals surface area contributed by atoms with Gasteiger partial charge in [-0.05, 0) is 0 Å². The zero-order chi connectivity index (χ0) is 0. The smallest absolute Gasteiger partial charge is 1.00 e. The van der Waals surface area contributed by atoms with Gasteiger partial charge in [0.1, 0.15) is 0 Å². The minimum Gasteiger partial charge on any atom is -1.00 e. The van der Waals surface area contributed by atoms with Crippen LogP contribution in [0, 0.1) is 0 Å². The predicted octanol–water partition coefficient (Wildman–Crippen LogP) is -1.31.